The zero-order valence-electron chi connectivity index (χ0n) is 17.9. The highest BCUT2D eigenvalue weighted by molar-refractivity contribution is 8.26. The van der Waals surface area contributed by atoms with Gasteiger partial charge in [-0.25, -0.2) is 4.68 Å². The second-order valence-corrected chi connectivity index (χ2v) is 9.45. The van der Waals surface area contributed by atoms with Gasteiger partial charge in [-0.2, -0.15) is 5.10 Å². The molecule has 2 aromatic carbocycles. The number of nitrogens with zero attached hydrogens (tertiary/aromatic N) is 3. The van der Waals surface area contributed by atoms with E-state index in [1.165, 1.54) is 11.8 Å². The lowest BCUT2D eigenvalue weighted by Gasteiger charge is -2.21. The van der Waals surface area contributed by atoms with Gasteiger partial charge in [0, 0.05) is 23.4 Å². The SMILES string of the molecule is CCC(C)N1C(=O)/C(=C\c2cn(-c3ccccc3)nc2-c2ccc(OC)c(Cl)c2)SC1=S. The van der Waals surface area contributed by atoms with Crippen LogP contribution in [-0.2, 0) is 4.79 Å². The maximum Gasteiger partial charge on any atom is 0.266 e. The first-order valence-electron chi connectivity index (χ1n) is 10.2. The van der Waals surface area contributed by atoms with Crippen LogP contribution in [0.3, 0.4) is 0 Å². The van der Waals surface area contributed by atoms with E-state index in [0.29, 0.717) is 25.7 Å². The van der Waals surface area contributed by atoms with Gasteiger partial charge in [0.2, 0.25) is 0 Å². The number of para-hydroxylation sites is 1. The van der Waals surface area contributed by atoms with Crippen LogP contribution in [0.4, 0.5) is 0 Å². The third-order valence-corrected chi connectivity index (χ3v) is 6.96. The number of thiocarbonyl (C=S) groups is 1. The van der Waals surface area contributed by atoms with Crippen molar-refractivity contribution in [2.75, 3.05) is 7.11 Å². The van der Waals surface area contributed by atoms with Crippen LogP contribution >= 0.6 is 35.6 Å². The number of methoxy groups -OCH3 is 1. The molecule has 0 saturated carbocycles. The monoisotopic (exact) mass is 483 g/mol. The van der Waals surface area contributed by atoms with Crippen LogP contribution in [0.5, 0.6) is 5.75 Å². The van der Waals surface area contributed by atoms with E-state index in [1.54, 1.807) is 16.7 Å². The number of thioether (sulfide) groups is 1. The largest absolute Gasteiger partial charge is 0.495 e. The Balaban J connectivity index is 1.81. The minimum Gasteiger partial charge on any atom is -0.495 e. The molecule has 1 atom stereocenters. The molecule has 5 nitrogen and oxygen atoms in total. The predicted octanol–water partition coefficient (Wildman–Crippen LogP) is 6.20. The van der Waals surface area contributed by atoms with Crippen molar-refractivity contribution in [1.29, 1.82) is 0 Å². The average Bonchev–Trinajstić information content (AvgIpc) is 3.34. The topological polar surface area (TPSA) is 47.4 Å². The molecule has 1 aromatic heterocycles. The zero-order chi connectivity index (χ0) is 22.8. The highest BCUT2D eigenvalue weighted by Gasteiger charge is 2.35. The molecule has 0 aliphatic carbocycles. The fraction of sp³-hybridized carbons (Fsp3) is 0.208. The van der Waals surface area contributed by atoms with Crippen LogP contribution in [0, 0.1) is 0 Å². The van der Waals surface area contributed by atoms with Crippen molar-refractivity contribution >= 4 is 51.9 Å². The first-order chi connectivity index (χ1) is 15.4. The van der Waals surface area contributed by atoms with E-state index in [2.05, 4.69) is 0 Å². The summed E-state index contributed by atoms with van der Waals surface area (Å²) >= 11 is 13.2. The summed E-state index contributed by atoms with van der Waals surface area (Å²) in [6, 6.07) is 15.4. The maximum absolute atomic E-state index is 13.1. The second kappa shape index (κ2) is 9.48. The van der Waals surface area contributed by atoms with Gasteiger partial charge in [-0.1, -0.05) is 60.7 Å². The minimum absolute atomic E-state index is 0.0558. The first-order valence-corrected chi connectivity index (χ1v) is 11.8. The Morgan fingerprint density at radius 1 is 1.25 bits per heavy atom. The summed E-state index contributed by atoms with van der Waals surface area (Å²) < 4.78 is 7.67. The number of amides is 1. The molecule has 0 radical (unpaired) electrons. The van der Waals surface area contributed by atoms with E-state index in [-0.39, 0.29) is 11.9 Å². The number of carbonyl (C=O) groups is 1. The number of aromatic nitrogens is 2. The summed E-state index contributed by atoms with van der Waals surface area (Å²) in [6.07, 6.45) is 4.61. The quantitative estimate of drug-likeness (QED) is 0.308. The van der Waals surface area contributed by atoms with E-state index in [4.69, 9.17) is 33.7 Å². The number of halogens is 1. The van der Waals surface area contributed by atoms with Gasteiger partial charge in [0.1, 0.15) is 15.8 Å². The highest BCUT2D eigenvalue weighted by atomic mass is 35.5. The van der Waals surface area contributed by atoms with Crippen molar-refractivity contribution in [1.82, 2.24) is 14.7 Å². The molecule has 164 valence electrons. The zero-order valence-corrected chi connectivity index (χ0v) is 20.3. The van der Waals surface area contributed by atoms with Crippen molar-refractivity contribution in [2.24, 2.45) is 0 Å². The summed E-state index contributed by atoms with van der Waals surface area (Å²) in [6.45, 7) is 4.05. The average molecular weight is 484 g/mol. The van der Waals surface area contributed by atoms with Crippen molar-refractivity contribution in [2.45, 2.75) is 26.3 Å². The van der Waals surface area contributed by atoms with Gasteiger partial charge in [0.15, 0.2) is 0 Å². The van der Waals surface area contributed by atoms with Gasteiger partial charge in [-0.15, -0.1) is 0 Å². The molecule has 8 heteroatoms. The Labute approximate surface area is 202 Å². The Morgan fingerprint density at radius 3 is 2.66 bits per heavy atom. The van der Waals surface area contributed by atoms with Crippen LogP contribution in [-0.4, -0.2) is 38.1 Å². The number of hydrogen-bond acceptors (Lipinski definition) is 5. The lowest BCUT2D eigenvalue weighted by Crippen LogP contribution is -2.36. The predicted molar refractivity (Wildman–Crippen MR) is 135 cm³/mol. The van der Waals surface area contributed by atoms with E-state index >= 15 is 0 Å². The summed E-state index contributed by atoms with van der Waals surface area (Å²) in [7, 11) is 1.58. The fourth-order valence-electron chi connectivity index (χ4n) is 3.43. The highest BCUT2D eigenvalue weighted by Crippen LogP contribution is 2.37. The van der Waals surface area contributed by atoms with Crippen molar-refractivity contribution in [3.63, 3.8) is 0 Å². The molecule has 4 rings (SSSR count). The molecular formula is C24H22ClN3O2S2. The molecule has 0 spiro atoms. The second-order valence-electron chi connectivity index (χ2n) is 7.37. The third kappa shape index (κ3) is 4.33. The maximum atomic E-state index is 13.1. The van der Waals surface area contributed by atoms with Crippen molar-refractivity contribution < 1.29 is 9.53 Å². The van der Waals surface area contributed by atoms with Gasteiger partial charge < -0.3 is 4.74 Å². The van der Waals surface area contributed by atoms with Gasteiger partial charge in [0.05, 0.1) is 22.7 Å². The van der Waals surface area contributed by atoms with Crippen LogP contribution in [0.1, 0.15) is 25.8 Å². The van der Waals surface area contributed by atoms with Crippen LogP contribution < -0.4 is 4.74 Å². The smallest absolute Gasteiger partial charge is 0.266 e. The molecule has 0 N–H and O–H groups in total. The molecule has 1 aliphatic rings. The lowest BCUT2D eigenvalue weighted by atomic mass is 10.1. The summed E-state index contributed by atoms with van der Waals surface area (Å²) in [5, 5.41) is 5.30. The van der Waals surface area contributed by atoms with Gasteiger partial charge in [0.25, 0.3) is 5.91 Å². The first kappa shape index (κ1) is 22.6. The van der Waals surface area contributed by atoms with Crippen LogP contribution in [0.25, 0.3) is 23.0 Å². The van der Waals surface area contributed by atoms with Crippen molar-refractivity contribution in [3.8, 4) is 22.7 Å². The van der Waals surface area contributed by atoms with Gasteiger partial charge >= 0.3 is 0 Å². The summed E-state index contributed by atoms with van der Waals surface area (Å²) in [5.41, 5.74) is 3.27. The van der Waals surface area contributed by atoms with Crippen LogP contribution in [0.2, 0.25) is 5.02 Å². The molecule has 32 heavy (non-hydrogen) atoms. The summed E-state index contributed by atoms with van der Waals surface area (Å²) in [4.78, 5) is 15.3. The molecule has 1 fully saturated rings. The van der Waals surface area contributed by atoms with Crippen molar-refractivity contribution in [3.05, 3.63) is 70.2 Å². The van der Waals surface area contributed by atoms with E-state index in [1.807, 2.05) is 74.7 Å². The number of rotatable bonds is 6. The molecule has 1 amide bonds. The van der Waals surface area contributed by atoms with Gasteiger partial charge in [-0.3, -0.25) is 9.69 Å². The lowest BCUT2D eigenvalue weighted by molar-refractivity contribution is -0.123. The van der Waals surface area contributed by atoms with Crippen LogP contribution in [0.15, 0.2) is 59.6 Å². The molecular weight excluding hydrogens is 462 g/mol. The minimum atomic E-state index is -0.0690. The third-order valence-electron chi connectivity index (χ3n) is 5.33. The fourth-order valence-corrected chi connectivity index (χ4v) is 5.14. The molecule has 3 aromatic rings. The number of hydrogen-bond donors (Lipinski definition) is 0. The van der Waals surface area contributed by atoms with E-state index in [9.17, 15) is 4.79 Å². The Kier molecular flexibility index (Phi) is 6.69. The number of ether oxygens (including phenoxy) is 1. The summed E-state index contributed by atoms with van der Waals surface area (Å²) in [5.74, 6) is 0.523. The van der Waals surface area contributed by atoms with E-state index in [0.717, 1.165) is 23.2 Å². The standard InChI is InChI=1S/C24H22ClN3O2S2/c1-4-15(2)28-23(29)21(32-24(28)31)13-17-14-27(18-8-6-5-7-9-18)26-22(17)16-10-11-20(30-3)19(25)12-16/h5-15H,4H2,1-3H3/b21-13+. The molecule has 1 saturated heterocycles. The number of carbonyl (C=O) groups excluding carboxylic acids is 1. The molecule has 2 heterocycles. The Bertz CT molecular complexity index is 1210. The van der Waals surface area contributed by atoms with E-state index < -0.39 is 0 Å². The Morgan fingerprint density at radius 2 is 2.00 bits per heavy atom. The Hall–Kier alpha value is -2.61. The molecule has 1 aliphatic heterocycles. The van der Waals surface area contributed by atoms with Gasteiger partial charge in [-0.05, 0) is 49.8 Å². The number of benzene rings is 2. The molecule has 1 unspecified atom stereocenters. The molecule has 0 bridgehead atoms. The normalized spacial score (nSPS) is 16.1.